The molecule has 1 nitrogen and oxygen atoms in total. The van der Waals surface area contributed by atoms with Gasteiger partial charge in [-0.1, -0.05) is 23.2 Å². The number of carbonyl (C=O) groups is 1. The molecule has 2 rings (SSSR count). The van der Waals surface area contributed by atoms with Crippen LogP contribution in [0.2, 0.25) is 10.0 Å². The number of benzene rings is 2. The summed E-state index contributed by atoms with van der Waals surface area (Å²) in [5.41, 5.74) is -1.19. The van der Waals surface area contributed by atoms with Gasteiger partial charge in [0.1, 0.15) is 0 Å². The van der Waals surface area contributed by atoms with Gasteiger partial charge in [0, 0.05) is 5.56 Å². The monoisotopic (exact) mass is 366 g/mol. The van der Waals surface area contributed by atoms with Crippen LogP contribution in [0.1, 0.15) is 15.9 Å². The third-order valence-corrected chi connectivity index (χ3v) is 3.59. The third-order valence-electron chi connectivity index (χ3n) is 2.85. The van der Waals surface area contributed by atoms with Crippen molar-refractivity contribution in [2.45, 2.75) is 0 Å². The molecule has 0 heterocycles. The molecule has 2 aromatic carbocycles. The van der Waals surface area contributed by atoms with Crippen molar-refractivity contribution < 1.29 is 26.7 Å². The smallest absolute Gasteiger partial charge is 0.200 e. The van der Waals surface area contributed by atoms with Gasteiger partial charge < -0.3 is 0 Å². The fourth-order valence-corrected chi connectivity index (χ4v) is 1.97. The molecule has 0 N–H and O–H groups in total. The third kappa shape index (κ3) is 3.38. The first-order valence-corrected chi connectivity index (χ1v) is 6.68. The van der Waals surface area contributed by atoms with Gasteiger partial charge in [-0.15, -0.1) is 0 Å². The van der Waals surface area contributed by atoms with Gasteiger partial charge in [0.15, 0.2) is 29.1 Å². The Morgan fingerprint density at radius 3 is 1.87 bits per heavy atom. The summed E-state index contributed by atoms with van der Waals surface area (Å²) in [7, 11) is 0. The molecular weight excluding hydrogens is 362 g/mol. The molecule has 0 saturated carbocycles. The molecule has 0 amide bonds. The molecule has 0 unspecified atom stereocenters. The minimum absolute atomic E-state index is 0.0273. The van der Waals surface area contributed by atoms with E-state index < -0.39 is 40.4 Å². The van der Waals surface area contributed by atoms with E-state index >= 15 is 0 Å². The van der Waals surface area contributed by atoms with E-state index in [0.717, 1.165) is 0 Å². The lowest BCUT2D eigenvalue weighted by molar-refractivity contribution is 0.104. The fourth-order valence-electron chi connectivity index (χ4n) is 1.67. The van der Waals surface area contributed by atoms with Gasteiger partial charge in [0.25, 0.3) is 0 Å². The highest BCUT2D eigenvalue weighted by Gasteiger charge is 2.24. The zero-order valence-corrected chi connectivity index (χ0v) is 12.5. The van der Waals surface area contributed by atoms with Crippen molar-refractivity contribution in [1.29, 1.82) is 0 Å². The van der Waals surface area contributed by atoms with E-state index in [-0.39, 0.29) is 15.6 Å². The van der Waals surface area contributed by atoms with Gasteiger partial charge >= 0.3 is 0 Å². The zero-order valence-electron chi connectivity index (χ0n) is 10.9. The Balaban J connectivity index is 2.40. The van der Waals surface area contributed by atoms with Gasteiger partial charge in [-0.05, 0) is 30.4 Å². The maximum atomic E-state index is 13.5. The van der Waals surface area contributed by atoms with Crippen LogP contribution in [0, 0.1) is 29.1 Å². The summed E-state index contributed by atoms with van der Waals surface area (Å²) in [5, 5.41) is 0.258. The van der Waals surface area contributed by atoms with Gasteiger partial charge in [0.2, 0.25) is 5.82 Å². The molecule has 0 bridgehead atoms. The van der Waals surface area contributed by atoms with E-state index in [2.05, 4.69) is 0 Å². The maximum absolute atomic E-state index is 13.5. The normalized spacial score (nSPS) is 11.3. The van der Waals surface area contributed by atoms with Gasteiger partial charge in [-0.3, -0.25) is 4.79 Å². The first kappa shape index (κ1) is 17.4. The Hall–Kier alpha value is -1.92. The predicted octanol–water partition coefficient (Wildman–Crippen LogP) is 5.59. The molecule has 23 heavy (non-hydrogen) atoms. The molecule has 0 atom stereocenters. The highest BCUT2D eigenvalue weighted by atomic mass is 35.5. The van der Waals surface area contributed by atoms with Gasteiger partial charge in [-0.2, -0.15) is 0 Å². The van der Waals surface area contributed by atoms with E-state index in [0.29, 0.717) is 12.2 Å². The molecule has 2 aromatic rings. The van der Waals surface area contributed by atoms with Crippen LogP contribution in [0.15, 0.2) is 24.3 Å². The first-order chi connectivity index (χ1) is 10.7. The molecule has 8 heteroatoms. The van der Waals surface area contributed by atoms with Crippen molar-refractivity contribution in [2.75, 3.05) is 0 Å². The van der Waals surface area contributed by atoms with Crippen molar-refractivity contribution in [2.24, 2.45) is 0 Å². The average Bonchev–Trinajstić information content (AvgIpc) is 2.53. The number of allylic oxidation sites excluding steroid dienone is 1. The summed E-state index contributed by atoms with van der Waals surface area (Å²) in [4.78, 5) is 11.8. The van der Waals surface area contributed by atoms with E-state index in [1.54, 1.807) is 0 Å². The van der Waals surface area contributed by atoms with Gasteiger partial charge in [0.05, 0.1) is 15.6 Å². The number of hydrogen-bond acceptors (Lipinski definition) is 1. The van der Waals surface area contributed by atoms with Crippen LogP contribution in [0.3, 0.4) is 0 Å². The van der Waals surface area contributed by atoms with E-state index in [1.807, 2.05) is 0 Å². The second-order valence-corrected chi connectivity index (χ2v) is 5.12. The van der Waals surface area contributed by atoms with Crippen molar-refractivity contribution >= 4 is 35.1 Å². The van der Waals surface area contributed by atoms with Crippen LogP contribution < -0.4 is 0 Å². The second-order valence-electron chi connectivity index (χ2n) is 4.31. The highest BCUT2D eigenvalue weighted by molar-refractivity contribution is 6.42. The molecule has 0 spiro atoms. The lowest BCUT2D eigenvalue weighted by Crippen LogP contribution is -2.04. The number of ketones is 1. The minimum atomic E-state index is -2.27. The Labute approximate surface area is 136 Å². The molecule has 0 radical (unpaired) electrons. The van der Waals surface area contributed by atoms with Crippen LogP contribution in [0.5, 0.6) is 0 Å². The van der Waals surface area contributed by atoms with Crippen LogP contribution in [0.4, 0.5) is 22.0 Å². The lowest BCUT2D eigenvalue weighted by atomic mass is 10.1. The molecule has 0 saturated heterocycles. The number of rotatable bonds is 3. The Morgan fingerprint density at radius 1 is 0.826 bits per heavy atom. The van der Waals surface area contributed by atoms with Crippen molar-refractivity contribution in [3.8, 4) is 0 Å². The summed E-state index contributed by atoms with van der Waals surface area (Å²) in [6, 6.07) is 3.82. The van der Waals surface area contributed by atoms with Gasteiger partial charge in [-0.25, -0.2) is 22.0 Å². The average molecular weight is 367 g/mol. The maximum Gasteiger partial charge on any atom is 0.200 e. The topological polar surface area (TPSA) is 17.1 Å². The standard InChI is InChI=1S/C15H5Cl2F5O/c16-8-3-1-6(5-9(8)17)10(23)4-2-7-11(18)13(20)15(22)14(21)12(7)19/h1-5H/b4-2+. The molecule has 0 fully saturated rings. The molecule has 120 valence electrons. The minimum Gasteiger partial charge on any atom is -0.289 e. The largest absolute Gasteiger partial charge is 0.289 e. The highest BCUT2D eigenvalue weighted by Crippen LogP contribution is 2.25. The summed E-state index contributed by atoms with van der Waals surface area (Å²) in [6.07, 6.45) is 1.17. The quantitative estimate of drug-likeness (QED) is 0.227. The van der Waals surface area contributed by atoms with E-state index in [4.69, 9.17) is 23.2 Å². The summed E-state index contributed by atoms with van der Waals surface area (Å²) >= 11 is 11.4. The zero-order chi connectivity index (χ0) is 17.3. The fraction of sp³-hybridized carbons (Fsp3) is 0. The summed E-state index contributed by atoms with van der Waals surface area (Å²) in [5.74, 6) is -11.3. The molecule has 0 aromatic heterocycles. The Morgan fingerprint density at radius 2 is 1.35 bits per heavy atom. The summed E-state index contributed by atoms with van der Waals surface area (Å²) in [6.45, 7) is 0. The van der Waals surface area contributed by atoms with Crippen LogP contribution >= 0.6 is 23.2 Å². The first-order valence-electron chi connectivity index (χ1n) is 5.93. The Bertz CT molecular complexity index is 804. The molecule has 0 aliphatic carbocycles. The van der Waals surface area contributed by atoms with E-state index in [1.165, 1.54) is 18.2 Å². The molecule has 0 aliphatic heterocycles. The predicted molar refractivity (Wildman–Crippen MR) is 76.1 cm³/mol. The van der Waals surface area contributed by atoms with Crippen molar-refractivity contribution in [3.63, 3.8) is 0 Å². The van der Waals surface area contributed by atoms with Crippen molar-refractivity contribution in [3.05, 3.63) is 74.5 Å². The molecular formula is C15H5Cl2F5O. The number of hydrogen-bond donors (Lipinski definition) is 0. The lowest BCUT2D eigenvalue weighted by Gasteiger charge is -2.04. The number of carbonyl (C=O) groups excluding carboxylic acids is 1. The van der Waals surface area contributed by atoms with Crippen LogP contribution in [-0.2, 0) is 0 Å². The Kier molecular flexibility index (Phi) is 5.06. The molecule has 0 aliphatic rings. The van der Waals surface area contributed by atoms with Crippen molar-refractivity contribution in [1.82, 2.24) is 0 Å². The SMILES string of the molecule is O=C(/C=C/c1c(F)c(F)c(F)c(F)c1F)c1ccc(Cl)c(Cl)c1. The number of halogens is 7. The second kappa shape index (κ2) is 6.68. The summed E-state index contributed by atoms with van der Waals surface area (Å²) < 4.78 is 65.9. The van der Waals surface area contributed by atoms with E-state index in [9.17, 15) is 26.7 Å². The van der Waals surface area contributed by atoms with Crippen LogP contribution in [0.25, 0.3) is 6.08 Å². The van der Waals surface area contributed by atoms with Crippen LogP contribution in [-0.4, -0.2) is 5.78 Å².